The number of anilines is 2. The second-order valence-corrected chi connectivity index (χ2v) is 6.09. The lowest BCUT2D eigenvalue weighted by Crippen LogP contribution is -2.45. The molecule has 1 aliphatic rings. The third-order valence-electron chi connectivity index (χ3n) is 4.63. The molecule has 1 aliphatic heterocycles. The van der Waals surface area contributed by atoms with E-state index in [-0.39, 0.29) is 5.91 Å². The van der Waals surface area contributed by atoms with Gasteiger partial charge in [0.05, 0.1) is 17.9 Å². The van der Waals surface area contributed by atoms with Crippen molar-refractivity contribution in [1.29, 1.82) is 0 Å². The predicted octanol–water partition coefficient (Wildman–Crippen LogP) is 3.30. The molecule has 24 heavy (non-hydrogen) atoms. The summed E-state index contributed by atoms with van der Waals surface area (Å²) < 4.78 is 0. The van der Waals surface area contributed by atoms with Gasteiger partial charge >= 0.3 is 0 Å². The highest BCUT2D eigenvalue weighted by Crippen LogP contribution is 2.34. The molecular formula is C20H25N3O. The molecule has 0 aliphatic carbocycles. The van der Waals surface area contributed by atoms with Crippen LogP contribution in [0.5, 0.6) is 0 Å². The van der Waals surface area contributed by atoms with Crippen LogP contribution in [0.25, 0.3) is 0 Å². The van der Waals surface area contributed by atoms with Crippen molar-refractivity contribution in [2.24, 2.45) is 0 Å². The summed E-state index contributed by atoms with van der Waals surface area (Å²) in [5.74, 6) is 0.0187. The van der Waals surface area contributed by atoms with Gasteiger partial charge in [-0.3, -0.25) is 20.1 Å². The number of rotatable bonds is 5. The number of aryl methyl sites for hydroxylation is 2. The van der Waals surface area contributed by atoms with Crippen molar-refractivity contribution >= 4 is 17.3 Å². The predicted molar refractivity (Wildman–Crippen MR) is 98.4 cm³/mol. The van der Waals surface area contributed by atoms with E-state index in [1.54, 1.807) is 0 Å². The van der Waals surface area contributed by atoms with E-state index in [9.17, 15) is 4.79 Å². The molecule has 0 unspecified atom stereocenters. The number of nitrogens with one attached hydrogen (secondary N) is 1. The molecule has 0 fully saturated rings. The van der Waals surface area contributed by atoms with Crippen LogP contribution in [-0.2, 0) is 17.6 Å². The van der Waals surface area contributed by atoms with Crippen LogP contribution in [0.4, 0.5) is 11.4 Å². The van der Waals surface area contributed by atoms with Crippen LogP contribution >= 0.6 is 0 Å². The quantitative estimate of drug-likeness (QED) is 0.917. The lowest BCUT2D eigenvalue weighted by molar-refractivity contribution is -0.122. The van der Waals surface area contributed by atoms with Crippen LogP contribution in [0, 0.1) is 0 Å². The molecule has 0 saturated heterocycles. The Bertz CT molecular complexity index is 662. The average Bonchev–Trinajstić information content (AvgIpc) is 2.77. The van der Waals surface area contributed by atoms with Crippen LogP contribution in [0.1, 0.15) is 25.0 Å². The zero-order valence-corrected chi connectivity index (χ0v) is 14.5. The van der Waals surface area contributed by atoms with Crippen molar-refractivity contribution < 1.29 is 4.79 Å². The second-order valence-electron chi connectivity index (χ2n) is 6.09. The highest BCUT2D eigenvalue weighted by molar-refractivity contribution is 5.83. The van der Waals surface area contributed by atoms with Crippen molar-refractivity contribution in [3.63, 3.8) is 0 Å². The van der Waals surface area contributed by atoms with Gasteiger partial charge in [-0.2, -0.15) is 0 Å². The first-order valence-corrected chi connectivity index (χ1v) is 8.70. The van der Waals surface area contributed by atoms with Gasteiger partial charge in [-0.1, -0.05) is 50.2 Å². The van der Waals surface area contributed by atoms with E-state index in [4.69, 9.17) is 0 Å². The van der Waals surface area contributed by atoms with Crippen molar-refractivity contribution in [2.45, 2.75) is 26.7 Å². The fourth-order valence-corrected chi connectivity index (χ4v) is 3.21. The Morgan fingerprint density at radius 3 is 1.96 bits per heavy atom. The maximum absolute atomic E-state index is 12.6. The first-order valence-electron chi connectivity index (χ1n) is 8.70. The molecular weight excluding hydrogens is 298 g/mol. The highest BCUT2D eigenvalue weighted by Gasteiger charge is 2.22. The molecule has 126 valence electrons. The SMILES string of the molecule is CCN(CC)CC(=O)NN1c2ccccc2CCc2ccccc21. The Balaban J connectivity index is 1.92. The van der Waals surface area contributed by atoms with E-state index in [0.29, 0.717) is 6.54 Å². The van der Waals surface area contributed by atoms with Crippen LogP contribution in [-0.4, -0.2) is 30.4 Å². The van der Waals surface area contributed by atoms with Crippen LogP contribution in [0.3, 0.4) is 0 Å². The van der Waals surface area contributed by atoms with Crippen molar-refractivity contribution in [2.75, 3.05) is 24.6 Å². The summed E-state index contributed by atoms with van der Waals surface area (Å²) in [6.45, 7) is 6.31. The topological polar surface area (TPSA) is 35.6 Å². The molecule has 0 spiro atoms. The lowest BCUT2D eigenvalue weighted by Gasteiger charge is -2.28. The van der Waals surface area contributed by atoms with Gasteiger partial charge in [0.1, 0.15) is 0 Å². The molecule has 1 heterocycles. The molecule has 0 saturated carbocycles. The maximum atomic E-state index is 12.6. The molecule has 4 nitrogen and oxygen atoms in total. The first-order chi connectivity index (χ1) is 11.7. The van der Waals surface area contributed by atoms with E-state index < -0.39 is 0 Å². The van der Waals surface area contributed by atoms with Gasteiger partial charge in [-0.15, -0.1) is 0 Å². The third-order valence-corrected chi connectivity index (χ3v) is 4.63. The molecule has 4 heteroatoms. The number of hydrazine groups is 1. The summed E-state index contributed by atoms with van der Waals surface area (Å²) in [6, 6.07) is 16.6. The first kappa shape index (κ1) is 16.5. The Morgan fingerprint density at radius 2 is 1.46 bits per heavy atom. The van der Waals surface area contributed by atoms with Gasteiger partial charge in [0, 0.05) is 0 Å². The molecule has 2 aromatic carbocycles. The largest absolute Gasteiger partial charge is 0.295 e. The Morgan fingerprint density at radius 1 is 0.958 bits per heavy atom. The standard InChI is InChI=1S/C20H25N3O/c1-3-22(4-2)15-20(24)21-23-18-11-7-5-9-16(18)13-14-17-10-6-8-12-19(17)23/h5-12H,3-4,13-15H2,1-2H3,(H,21,24). The smallest absolute Gasteiger partial charge is 0.252 e. The summed E-state index contributed by atoms with van der Waals surface area (Å²) in [6.07, 6.45) is 1.96. The van der Waals surface area contributed by atoms with Gasteiger partial charge in [-0.25, -0.2) is 0 Å². The molecule has 1 amide bonds. The van der Waals surface area contributed by atoms with Crippen LogP contribution < -0.4 is 10.4 Å². The van der Waals surface area contributed by atoms with Crippen molar-refractivity contribution in [3.05, 3.63) is 59.7 Å². The Labute approximate surface area is 144 Å². The van der Waals surface area contributed by atoms with Crippen molar-refractivity contribution in [3.8, 4) is 0 Å². The number of fused-ring (bicyclic) bond motifs is 2. The molecule has 0 atom stereocenters. The number of carbonyl (C=O) groups is 1. The van der Waals surface area contributed by atoms with Crippen LogP contribution in [0.2, 0.25) is 0 Å². The van der Waals surface area contributed by atoms with E-state index in [2.05, 4.69) is 60.6 Å². The number of likely N-dealkylation sites (N-methyl/N-ethyl adjacent to an activating group) is 1. The number of benzene rings is 2. The van der Waals surface area contributed by atoms with E-state index in [1.165, 1.54) is 11.1 Å². The van der Waals surface area contributed by atoms with E-state index in [1.807, 2.05) is 17.1 Å². The van der Waals surface area contributed by atoms with E-state index in [0.717, 1.165) is 37.3 Å². The third kappa shape index (κ3) is 3.44. The minimum atomic E-state index is 0.0187. The summed E-state index contributed by atoms with van der Waals surface area (Å²) in [7, 11) is 0. The molecule has 0 aromatic heterocycles. The summed E-state index contributed by atoms with van der Waals surface area (Å²) >= 11 is 0. The fourth-order valence-electron chi connectivity index (χ4n) is 3.21. The minimum Gasteiger partial charge on any atom is -0.295 e. The van der Waals surface area contributed by atoms with Gasteiger partial charge in [0.2, 0.25) is 0 Å². The number of hydrogen-bond donors (Lipinski definition) is 1. The van der Waals surface area contributed by atoms with Crippen molar-refractivity contribution in [1.82, 2.24) is 10.3 Å². The molecule has 0 radical (unpaired) electrons. The second kappa shape index (κ2) is 7.49. The fraction of sp³-hybridized carbons (Fsp3) is 0.350. The number of carbonyl (C=O) groups excluding carboxylic acids is 1. The van der Waals surface area contributed by atoms with Gasteiger partial charge in [0.25, 0.3) is 5.91 Å². The number of hydrogen-bond acceptors (Lipinski definition) is 3. The molecule has 1 N–H and O–H groups in total. The Hall–Kier alpha value is -2.33. The van der Waals surface area contributed by atoms with E-state index >= 15 is 0 Å². The minimum absolute atomic E-state index is 0.0187. The maximum Gasteiger partial charge on any atom is 0.252 e. The normalized spacial score (nSPS) is 13.2. The lowest BCUT2D eigenvalue weighted by atomic mass is 10.0. The number of amides is 1. The average molecular weight is 323 g/mol. The summed E-state index contributed by atoms with van der Waals surface area (Å²) in [5, 5.41) is 1.96. The molecule has 0 bridgehead atoms. The number of nitrogens with zero attached hydrogens (tertiary/aromatic N) is 2. The van der Waals surface area contributed by atoms with Gasteiger partial charge in [0.15, 0.2) is 0 Å². The van der Waals surface area contributed by atoms with Gasteiger partial charge < -0.3 is 0 Å². The highest BCUT2D eigenvalue weighted by atomic mass is 16.2. The zero-order chi connectivity index (χ0) is 16.9. The number of para-hydroxylation sites is 2. The summed E-state index contributed by atoms with van der Waals surface area (Å²) in [4.78, 5) is 14.7. The molecule has 2 aromatic rings. The van der Waals surface area contributed by atoms with Crippen LogP contribution in [0.15, 0.2) is 48.5 Å². The monoisotopic (exact) mass is 323 g/mol. The summed E-state index contributed by atoms with van der Waals surface area (Å²) in [5.41, 5.74) is 7.78. The zero-order valence-electron chi connectivity index (χ0n) is 14.5. The van der Waals surface area contributed by atoms with Gasteiger partial charge in [-0.05, 0) is 49.2 Å². The molecule has 3 rings (SSSR count). The Kier molecular flexibility index (Phi) is 5.16.